The minimum Gasteiger partial charge on any atom is -0.447 e. The highest BCUT2D eigenvalue weighted by atomic mass is 16.6. The summed E-state index contributed by atoms with van der Waals surface area (Å²) in [6.45, 7) is 2.26. The Kier molecular flexibility index (Phi) is 3.79. The molecule has 1 atom stereocenters. The molecule has 4 N–H and O–H groups in total. The molecule has 0 heterocycles. The highest BCUT2D eigenvalue weighted by Gasteiger charge is 2.02. The predicted molar refractivity (Wildman–Crippen MR) is 33.8 cm³/mol. The Balaban J connectivity index is 3.26. The SMILES string of the molecule is CC(CCN)OC(N)=O. The van der Waals surface area contributed by atoms with Crippen molar-refractivity contribution in [3.8, 4) is 0 Å². The Bertz CT molecular complexity index is 95.0. The van der Waals surface area contributed by atoms with Crippen LogP contribution < -0.4 is 11.5 Å². The zero-order valence-electron chi connectivity index (χ0n) is 5.46. The molecule has 0 aromatic rings. The first-order chi connectivity index (χ1) is 4.16. The van der Waals surface area contributed by atoms with E-state index in [4.69, 9.17) is 11.5 Å². The van der Waals surface area contributed by atoms with Crippen molar-refractivity contribution in [2.75, 3.05) is 6.54 Å². The van der Waals surface area contributed by atoms with Gasteiger partial charge in [0, 0.05) is 0 Å². The topological polar surface area (TPSA) is 78.3 Å². The molecule has 4 heteroatoms. The van der Waals surface area contributed by atoms with Crippen LogP contribution in [0.1, 0.15) is 13.3 Å². The van der Waals surface area contributed by atoms with Gasteiger partial charge in [0.1, 0.15) is 6.10 Å². The molecule has 0 fully saturated rings. The Hall–Kier alpha value is -0.770. The van der Waals surface area contributed by atoms with E-state index in [-0.39, 0.29) is 6.10 Å². The lowest BCUT2D eigenvalue weighted by Gasteiger charge is -2.08. The van der Waals surface area contributed by atoms with Gasteiger partial charge in [0.05, 0.1) is 0 Å². The van der Waals surface area contributed by atoms with E-state index in [1.54, 1.807) is 6.92 Å². The standard InChI is InChI=1S/C5H12N2O2/c1-4(2-3-6)9-5(7)8/h4H,2-3,6H2,1H3,(H2,7,8). The highest BCUT2D eigenvalue weighted by Crippen LogP contribution is 1.93. The maximum absolute atomic E-state index is 10.0. The van der Waals surface area contributed by atoms with E-state index in [1.165, 1.54) is 0 Å². The lowest BCUT2D eigenvalue weighted by atomic mass is 10.3. The van der Waals surface area contributed by atoms with Crippen molar-refractivity contribution in [2.45, 2.75) is 19.4 Å². The van der Waals surface area contributed by atoms with Gasteiger partial charge in [0.2, 0.25) is 0 Å². The van der Waals surface area contributed by atoms with Crippen LogP contribution in [0.25, 0.3) is 0 Å². The zero-order valence-corrected chi connectivity index (χ0v) is 5.46. The number of hydrogen-bond acceptors (Lipinski definition) is 3. The molecule has 0 radical (unpaired) electrons. The molecule has 4 nitrogen and oxygen atoms in total. The fourth-order valence-electron chi connectivity index (χ4n) is 0.492. The second-order valence-corrected chi connectivity index (χ2v) is 1.82. The van der Waals surface area contributed by atoms with Crippen molar-refractivity contribution < 1.29 is 9.53 Å². The zero-order chi connectivity index (χ0) is 7.28. The van der Waals surface area contributed by atoms with E-state index in [0.29, 0.717) is 13.0 Å². The second-order valence-electron chi connectivity index (χ2n) is 1.82. The van der Waals surface area contributed by atoms with Gasteiger partial charge in [-0.15, -0.1) is 0 Å². The Labute approximate surface area is 54.2 Å². The fourth-order valence-corrected chi connectivity index (χ4v) is 0.492. The molecule has 0 saturated heterocycles. The maximum Gasteiger partial charge on any atom is 0.404 e. The molecule has 0 aliphatic heterocycles. The molecular formula is C5H12N2O2. The van der Waals surface area contributed by atoms with Gasteiger partial charge in [-0.2, -0.15) is 0 Å². The smallest absolute Gasteiger partial charge is 0.404 e. The number of amides is 1. The van der Waals surface area contributed by atoms with Crippen LogP contribution in [0, 0.1) is 0 Å². The minimum atomic E-state index is -0.740. The Morgan fingerprint density at radius 1 is 1.78 bits per heavy atom. The number of carbonyl (C=O) groups is 1. The second kappa shape index (κ2) is 4.14. The van der Waals surface area contributed by atoms with E-state index in [9.17, 15) is 4.79 Å². The first kappa shape index (κ1) is 8.23. The lowest BCUT2D eigenvalue weighted by Crippen LogP contribution is -2.22. The van der Waals surface area contributed by atoms with Crippen molar-refractivity contribution in [2.24, 2.45) is 11.5 Å². The van der Waals surface area contributed by atoms with Gasteiger partial charge in [-0.3, -0.25) is 0 Å². The maximum atomic E-state index is 10.0. The van der Waals surface area contributed by atoms with Crippen LogP contribution in [0.2, 0.25) is 0 Å². The molecule has 0 aromatic heterocycles. The molecule has 0 bridgehead atoms. The van der Waals surface area contributed by atoms with Crippen molar-refractivity contribution >= 4 is 6.09 Å². The largest absolute Gasteiger partial charge is 0.447 e. The van der Waals surface area contributed by atoms with Crippen LogP contribution >= 0.6 is 0 Å². The van der Waals surface area contributed by atoms with Crippen LogP contribution in [-0.2, 0) is 4.74 Å². The molecule has 1 amide bonds. The third kappa shape index (κ3) is 5.10. The third-order valence-corrected chi connectivity index (χ3v) is 0.891. The van der Waals surface area contributed by atoms with Crippen molar-refractivity contribution in [1.82, 2.24) is 0 Å². The summed E-state index contributed by atoms with van der Waals surface area (Å²) in [6.07, 6.45) is -0.244. The number of ether oxygens (including phenoxy) is 1. The van der Waals surface area contributed by atoms with Crippen molar-refractivity contribution in [1.29, 1.82) is 0 Å². The minimum absolute atomic E-state index is 0.160. The van der Waals surface area contributed by atoms with Gasteiger partial charge in [-0.1, -0.05) is 0 Å². The summed E-state index contributed by atoms with van der Waals surface area (Å²) in [6, 6.07) is 0. The van der Waals surface area contributed by atoms with E-state index in [2.05, 4.69) is 4.74 Å². The van der Waals surface area contributed by atoms with Crippen molar-refractivity contribution in [3.05, 3.63) is 0 Å². The molecule has 0 aliphatic rings. The van der Waals surface area contributed by atoms with Gasteiger partial charge in [-0.05, 0) is 19.9 Å². The van der Waals surface area contributed by atoms with E-state index < -0.39 is 6.09 Å². The summed E-state index contributed by atoms with van der Waals surface area (Å²) >= 11 is 0. The summed E-state index contributed by atoms with van der Waals surface area (Å²) in [7, 11) is 0. The van der Waals surface area contributed by atoms with Gasteiger partial charge in [-0.25, -0.2) is 4.79 Å². The quantitative estimate of drug-likeness (QED) is 0.559. The van der Waals surface area contributed by atoms with E-state index >= 15 is 0 Å². The highest BCUT2D eigenvalue weighted by molar-refractivity contribution is 5.64. The molecule has 1 unspecified atom stereocenters. The van der Waals surface area contributed by atoms with Crippen LogP contribution in [0.3, 0.4) is 0 Å². The summed E-state index contributed by atoms with van der Waals surface area (Å²) in [4.78, 5) is 10.0. The number of primary amides is 1. The molecule has 0 aromatic carbocycles. The van der Waals surface area contributed by atoms with Gasteiger partial charge in [0.15, 0.2) is 0 Å². The number of hydrogen-bond donors (Lipinski definition) is 2. The number of nitrogens with two attached hydrogens (primary N) is 2. The first-order valence-electron chi connectivity index (χ1n) is 2.83. The van der Waals surface area contributed by atoms with Gasteiger partial charge in [0.25, 0.3) is 0 Å². The third-order valence-electron chi connectivity index (χ3n) is 0.891. The van der Waals surface area contributed by atoms with E-state index in [1.807, 2.05) is 0 Å². The first-order valence-corrected chi connectivity index (χ1v) is 2.83. The van der Waals surface area contributed by atoms with Crippen molar-refractivity contribution in [3.63, 3.8) is 0 Å². The van der Waals surface area contributed by atoms with Crippen LogP contribution in [0.5, 0.6) is 0 Å². The summed E-state index contributed by atoms with van der Waals surface area (Å²) in [5.41, 5.74) is 9.89. The average Bonchev–Trinajstić information content (AvgIpc) is 1.63. The molecule has 0 saturated carbocycles. The molecule has 0 aliphatic carbocycles. The molecule has 0 rings (SSSR count). The molecule has 54 valence electrons. The lowest BCUT2D eigenvalue weighted by molar-refractivity contribution is 0.113. The monoisotopic (exact) mass is 132 g/mol. The normalized spacial score (nSPS) is 12.7. The molecule has 0 spiro atoms. The molecule has 9 heavy (non-hydrogen) atoms. The number of carbonyl (C=O) groups excluding carboxylic acids is 1. The molecular weight excluding hydrogens is 120 g/mol. The van der Waals surface area contributed by atoms with E-state index in [0.717, 1.165) is 0 Å². The summed E-state index contributed by atoms with van der Waals surface area (Å²) < 4.78 is 4.55. The predicted octanol–water partition coefficient (Wildman–Crippen LogP) is -0.181. The Morgan fingerprint density at radius 2 is 2.33 bits per heavy atom. The van der Waals surface area contributed by atoms with Gasteiger partial charge >= 0.3 is 6.09 Å². The van der Waals surface area contributed by atoms with Crippen LogP contribution in [0.15, 0.2) is 0 Å². The number of rotatable bonds is 3. The van der Waals surface area contributed by atoms with Gasteiger partial charge < -0.3 is 16.2 Å². The summed E-state index contributed by atoms with van der Waals surface area (Å²) in [5.74, 6) is 0. The average molecular weight is 132 g/mol. The van der Waals surface area contributed by atoms with Crippen LogP contribution in [0.4, 0.5) is 4.79 Å². The fraction of sp³-hybridized carbons (Fsp3) is 0.800. The Morgan fingerprint density at radius 3 is 2.67 bits per heavy atom. The summed E-state index contributed by atoms with van der Waals surface area (Å²) in [5, 5.41) is 0. The van der Waals surface area contributed by atoms with Crippen LogP contribution in [-0.4, -0.2) is 18.7 Å².